The van der Waals surface area contributed by atoms with Crippen molar-refractivity contribution in [2.24, 2.45) is 0 Å². The number of benzene rings is 1. The molecular formula is C20H29F2N3O4. The standard InChI is InChI=1S/C20H29F2N3O4/c1-23(24(2)20(7-4-8-20)19(26)27-3)15-5-6-16(18(22)17(15)21)29-14-11-25-9-12-28-13-10-25/h5-6H,4,7-14H2,1-3H3. The molecule has 162 valence electrons. The normalized spacial score (nSPS) is 19.0. The van der Waals surface area contributed by atoms with Crippen molar-refractivity contribution in [3.63, 3.8) is 0 Å². The van der Waals surface area contributed by atoms with Crippen LogP contribution in [-0.4, -0.2) is 82.1 Å². The van der Waals surface area contributed by atoms with Crippen LogP contribution in [0.15, 0.2) is 12.1 Å². The summed E-state index contributed by atoms with van der Waals surface area (Å²) >= 11 is 0. The van der Waals surface area contributed by atoms with E-state index in [-0.39, 0.29) is 24.0 Å². The van der Waals surface area contributed by atoms with E-state index in [0.717, 1.165) is 19.5 Å². The number of hydrazine groups is 1. The predicted molar refractivity (Wildman–Crippen MR) is 104 cm³/mol. The van der Waals surface area contributed by atoms with E-state index in [4.69, 9.17) is 14.2 Å². The second-order valence-electron chi connectivity index (χ2n) is 7.44. The summed E-state index contributed by atoms with van der Waals surface area (Å²) in [5, 5.41) is 3.07. The van der Waals surface area contributed by atoms with Crippen LogP contribution < -0.4 is 9.75 Å². The molecule has 1 saturated heterocycles. The van der Waals surface area contributed by atoms with Crippen LogP contribution in [0.2, 0.25) is 0 Å². The van der Waals surface area contributed by atoms with Gasteiger partial charge in [-0.3, -0.25) is 4.90 Å². The molecule has 9 heteroatoms. The number of methoxy groups -OCH3 is 1. The Balaban J connectivity index is 1.67. The van der Waals surface area contributed by atoms with Gasteiger partial charge < -0.3 is 19.2 Å². The first-order valence-electron chi connectivity index (χ1n) is 9.87. The molecule has 29 heavy (non-hydrogen) atoms. The highest BCUT2D eigenvalue weighted by Crippen LogP contribution is 2.40. The Morgan fingerprint density at radius 3 is 2.48 bits per heavy atom. The molecule has 0 radical (unpaired) electrons. The fourth-order valence-corrected chi connectivity index (χ4v) is 3.80. The zero-order chi connectivity index (χ0) is 21.0. The number of carbonyl (C=O) groups is 1. The predicted octanol–water partition coefficient (Wildman–Crippen LogP) is 2.05. The fraction of sp³-hybridized carbons (Fsp3) is 0.650. The van der Waals surface area contributed by atoms with Crippen LogP contribution in [0.25, 0.3) is 0 Å². The van der Waals surface area contributed by atoms with Gasteiger partial charge in [0.25, 0.3) is 0 Å². The van der Waals surface area contributed by atoms with Gasteiger partial charge in [0.15, 0.2) is 11.6 Å². The van der Waals surface area contributed by atoms with Crippen molar-refractivity contribution in [1.82, 2.24) is 9.91 Å². The lowest BCUT2D eigenvalue weighted by atomic mass is 9.76. The lowest BCUT2D eigenvalue weighted by Gasteiger charge is -2.49. The van der Waals surface area contributed by atoms with Crippen molar-refractivity contribution >= 4 is 11.7 Å². The summed E-state index contributed by atoms with van der Waals surface area (Å²) in [5.41, 5.74) is -0.819. The molecule has 1 aromatic carbocycles. The molecule has 1 aromatic rings. The Labute approximate surface area is 170 Å². The van der Waals surface area contributed by atoms with Gasteiger partial charge in [-0.2, -0.15) is 4.39 Å². The highest BCUT2D eigenvalue weighted by Gasteiger charge is 2.50. The number of esters is 1. The van der Waals surface area contributed by atoms with E-state index < -0.39 is 17.2 Å². The number of anilines is 1. The Hall–Kier alpha value is -1.97. The molecule has 1 aliphatic carbocycles. The van der Waals surface area contributed by atoms with Gasteiger partial charge in [0.2, 0.25) is 5.82 Å². The number of rotatable bonds is 8. The van der Waals surface area contributed by atoms with Gasteiger partial charge >= 0.3 is 5.97 Å². The van der Waals surface area contributed by atoms with Gasteiger partial charge in [0.05, 0.1) is 26.0 Å². The molecule has 0 bridgehead atoms. The van der Waals surface area contributed by atoms with E-state index >= 15 is 0 Å². The Bertz CT molecular complexity index is 724. The van der Waals surface area contributed by atoms with Crippen LogP contribution in [0.4, 0.5) is 14.5 Å². The topological polar surface area (TPSA) is 54.5 Å². The quantitative estimate of drug-likeness (QED) is 0.478. The zero-order valence-corrected chi connectivity index (χ0v) is 17.2. The van der Waals surface area contributed by atoms with Crippen molar-refractivity contribution in [2.45, 2.75) is 24.8 Å². The van der Waals surface area contributed by atoms with Crippen molar-refractivity contribution in [1.29, 1.82) is 0 Å². The average Bonchev–Trinajstić information content (AvgIpc) is 2.70. The largest absolute Gasteiger partial charge is 0.489 e. The van der Waals surface area contributed by atoms with Gasteiger partial charge in [-0.15, -0.1) is 0 Å². The lowest BCUT2D eigenvalue weighted by Crippen LogP contribution is -2.63. The van der Waals surface area contributed by atoms with Gasteiger partial charge in [-0.1, -0.05) is 0 Å². The van der Waals surface area contributed by atoms with Crippen LogP contribution in [-0.2, 0) is 14.3 Å². The van der Waals surface area contributed by atoms with Gasteiger partial charge in [0.1, 0.15) is 12.1 Å². The summed E-state index contributed by atoms with van der Waals surface area (Å²) < 4.78 is 45.1. The van der Waals surface area contributed by atoms with Gasteiger partial charge in [0, 0.05) is 33.7 Å². The molecule has 0 spiro atoms. The van der Waals surface area contributed by atoms with E-state index in [0.29, 0.717) is 32.6 Å². The van der Waals surface area contributed by atoms with Crippen LogP contribution >= 0.6 is 0 Å². The van der Waals surface area contributed by atoms with Crippen molar-refractivity contribution < 1.29 is 27.8 Å². The SMILES string of the molecule is COC(=O)C1(N(C)N(C)c2ccc(OCCN3CCOCC3)c(F)c2F)CCC1. The van der Waals surface area contributed by atoms with Crippen LogP contribution in [0.1, 0.15) is 19.3 Å². The number of halogens is 2. The molecule has 1 saturated carbocycles. The molecule has 2 aliphatic rings. The first kappa shape index (κ1) is 21.7. The summed E-state index contributed by atoms with van der Waals surface area (Å²) in [5.74, 6) is -2.54. The molecule has 0 atom stereocenters. The maximum Gasteiger partial charge on any atom is 0.328 e. The molecular weight excluding hydrogens is 384 g/mol. The maximum atomic E-state index is 14.8. The Kier molecular flexibility index (Phi) is 6.92. The molecule has 0 N–H and O–H groups in total. The van der Waals surface area contributed by atoms with E-state index in [2.05, 4.69) is 4.90 Å². The highest BCUT2D eigenvalue weighted by molar-refractivity contribution is 5.82. The van der Waals surface area contributed by atoms with E-state index in [1.807, 2.05) is 0 Å². The summed E-state index contributed by atoms with van der Waals surface area (Å²) in [6, 6.07) is 2.88. The lowest BCUT2D eigenvalue weighted by molar-refractivity contribution is -0.161. The number of hydrogen-bond acceptors (Lipinski definition) is 7. The minimum absolute atomic E-state index is 0.0284. The summed E-state index contributed by atoms with van der Waals surface area (Å²) in [7, 11) is 4.61. The molecule has 3 rings (SSSR count). The van der Waals surface area contributed by atoms with E-state index in [9.17, 15) is 13.6 Å². The van der Waals surface area contributed by atoms with Crippen LogP contribution in [0.3, 0.4) is 0 Å². The molecule has 0 amide bonds. The third-order valence-corrected chi connectivity index (χ3v) is 5.96. The van der Waals surface area contributed by atoms with E-state index in [1.165, 1.54) is 24.3 Å². The highest BCUT2D eigenvalue weighted by atomic mass is 19.2. The van der Waals surface area contributed by atoms with Crippen LogP contribution in [0, 0.1) is 11.6 Å². The molecule has 0 unspecified atom stereocenters. The Morgan fingerprint density at radius 1 is 1.21 bits per heavy atom. The van der Waals surface area contributed by atoms with Crippen molar-refractivity contribution in [3.8, 4) is 5.75 Å². The molecule has 7 nitrogen and oxygen atoms in total. The number of nitrogens with zero attached hydrogens (tertiary/aromatic N) is 3. The monoisotopic (exact) mass is 413 g/mol. The third-order valence-electron chi connectivity index (χ3n) is 5.96. The fourth-order valence-electron chi connectivity index (χ4n) is 3.80. The van der Waals surface area contributed by atoms with Gasteiger partial charge in [-0.05, 0) is 31.4 Å². The van der Waals surface area contributed by atoms with Gasteiger partial charge in [-0.25, -0.2) is 14.2 Å². The second kappa shape index (κ2) is 9.23. The molecule has 1 heterocycles. The second-order valence-corrected chi connectivity index (χ2v) is 7.44. The first-order chi connectivity index (χ1) is 13.9. The van der Waals surface area contributed by atoms with Crippen molar-refractivity contribution in [3.05, 3.63) is 23.8 Å². The number of ether oxygens (including phenoxy) is 3. The Morgan fingerprint density at radius 2 is 1.90 bits per heavy atom. The molecule has 2 fully saturated rings. The van der Waals surface area contributed by atoms with Crippen molar-refractivity contribution in [2.75, 3.05) is 65.7 Å². The molecule has 1 aliphatic heterocycles. The first-order valence-corrected chi connectivity index (χ1v) is 9.87. The minimum Gasteiger partial charge on any atom is -0.489 e. The summed E-state index contributed by atoms with van der Waals surface area (Å²) in [6.45, 7) is 3.83. The third kappa shape index (κ3) is 4.31. The zero-order valence-electron chi connectivity index (χ0n) is 17.2. The van der Waals surface area contributed by atoms with E-state index in [1.54, 1.807) is 19.1 Å². The summed E-state index contributed by atoms with van der Waals surface area (Å²) in [6.07, 6.45) is 2.08. The average molecular weight is 413 g/mol. The number of hydrogen-bond donors (Lipinski definition) is 0. The molecule has 0 aromatic heterocycles. The maximum absolute atomic E-state index is 14.8. The smallest absolute Gasteiger partial charge is 0.328 e. The number of carbonyl (C=O) groups excluding carboxylic acids is 1. The number of likely N-dealkylation sites (N-methyl/N-ethyl adjacent to an activating group) is 1. The van der Waals surface area contributed by atoms with Crippen LogP contribution in [0.5, 0.6) is 5.75 Å². The minimum atomic E-state index is -1.04. The number of morpholine rings is 1. The summed E-state index contributed by atoms with van der Waals surface area (Å²) in [4.78, 5) is 14.4.